The summed E-state index contributed by atoms with van der Waals surface area (Å²) >= 11 is 0. The van der Waals surface area contributed by atoms with Crippen LogP contribution < -0.4 is 21.7 Å². The van der Waals surface area contributed by atoms with Gasteiger partial charge in [-0.3, -0.25) is 19.2 Å². The largest absolute Gasteiger partial charge is 0.363 e. The lowest BCUT2D eigenvalue weighted by Crippen LogP contribution is -2.62. The van der Waals surface area contributed by atoms with Crippen LogP contribution in [0, 0.1) is 28.6 Å². The number of hydrogen-bond acceptors (Lipinski definition) is 5. The van der Waals surface area contributed by atoms with Crippen LogP contribution >= 0.6 is 0 Å². The summed E-state index contributed by atoms with van der Waals surface area (Å²) in [5.74, 6) is -10.5. The van der Waals surface area contributed by atoms with Crippen LogP contribution in [0.25, 0.3) is 0 Å². The molecule has 37 heavy (non-hydrogen) atoms. The van der Waals surface area contributed by atoms with Gasteiger partial charge in [0, 0.05) is 32.6 Å². The number of primary amides is 1. The number of ketones is 1. The van der Waals surface area contributed by atoms with Crippen molar-refractivity contribution in [3.8, 4) is 0 Å². The van der Waals surface area contributed by atoms with Crippen LogP contribution in [0.2, 0.25) is 0 Å². The van der Waals surface area contributed by atoms with Gasteiger partial charge in [0.2, 0.25) is 17.6 Å². The first-order chi connectivity index (χ1) is 23.4. The number of nitrogens with one attached hydrogen (secondary N) is 3. The molecule has 0 aromatic carbocycles. The Bertz CT molecular complexity index is 1440. The third-order valence-corrected chi connectivity index (χ3v) is 6.99. The highest BCUT2D eigenvalue weighted by atomic mass is 16.2. The van der Waals surface area contributed by atoms with E-state index in [1.54, 1.807) is 0 Å². The summed E-state index contributed by atoms with van der Waals surface area (Å²) in [5, 5.41) is 6.20. The maximum absolute atomic E-state index is 14.7. The lowest BCUT2D eigenvalue weighted by Gasteiger charge is -2.38. The molecule has 2 aliphatic carbocycles. The molecule has 5 N–H and O–H groups in total. The third kappa shape index (κ3) is 6.26. The Morgan fingerprint density at radius 3 is 2.24 bits per heavy atom. The van der Waals surface area contributed by atoms with Gasteiger partial charge in [-0.1, -0.05) is 53.5 Å². The van der Waals surface area contributed by atoms with Crippen molar-refractivity contribution in [1.29, 1.82) is 0 Å². The molecule has 1 heterocycles. The van der Waals surface area contributed by atoms with E-state index in [9.17, 15) is 24.0 Å². The maximum atomic E-state index is 14.7. The molecule has 0 unspecified atom stereocenters. The minimum atomic E-state index is -4.11. The van der Waals surface area contributed by atoms with Crippen molar-refractivity contribution in [3.63, 3.8) is 0 Å². The van der Waals surface area contributed by atoms with Gasteiger partial charge in [0.05, 0.1) is 7.39 Å². The van der Waals surface area contributed by atoms with E-state index in [0.29, 0.717) is 24.2 Å². The second-order valence-corrected chi connectivity index (χ2v) is 11.2. The SMILES string of the molecule is [2H]C([2H])([2H])C1(C([2H])([2H])[2H])[C@@H]2[C@@H](C(=O)N[C@]([2H])(CC3CCC3)C(=O)C(N)=O)N(C(=O)[C@@H](NC(=O)NC(C)(C)C)C(C([2H])([2H])[2H])(C([2H])([2H])[2H])C([2H])([2H])[2H])C[C@@H]21. The van der Waals surface area contributed by atoms with Crippen LogP contribution in [0.5, 0.6) is 0 Å². The zero-order valence-corrected chi connectivity index (χ0v) is 21.0. The molecule has 10 heteroatoms. The molecule has 0 radical (unpaired) electrons. The van der Waals surface area contributed by atoms with Gasteiger partial charge in [0.25, 0.3) is 5.91 Å². The number of nitrogens with zero attached hydrogens (tertiary/aromatic N) is 1. The molecule has 0 aromatic heterocycles. The smallest absolute Gasteiger partial charge is 0.315 e. The van der Waals surface area contributed by atoms with E-state index in [0.717, 1.165) is 0 Å². The van der Waals surface area contributed by atoms with Crippen molar-refractivity contribution in [3.05, 3.63) is 0 Å². The summed E-state index contributed by atoms with van der Waals surface area (Å²) in [7, 11) is 0. The van der Waals surface area contributed by atoms with Crippen molar-refractivity contribution in [2.45, 2.75) is 104 Å². The Kier molecular flexibility index (Phi) is 3.73. The topological polar surface area (TPSA) is 151 Å². The minimum Gasteiger partial charge on any atom is -0.363 e. The molecule has 5 atom stereocenters. The highest BCUT2D eigenvalue weighted by Gasteiger charge is 2.70. The number of carbonyl (C=O) groups excluding carboxylic acids is 5. The molecule has 5 amide bonds. The number of rotatable bonds is 8. The lowest BCUT2D eigenvalue weighted by atomic mass is 9.80. The third-order valence-electron chi connectivity index (χ3n) is 6.99. The minimum absolute atomic E-state index is 0.372. The van der Waals surface area contributed by atoms with E-state index < -0.39 is 123 Å². The number of nitrogens with two attached hydrogens (primary N) is 1. The number of hydrogen-bond donors (Lipinski definition) is 4. The van der Waals surface area contributed by atoms with Crippen molar-refractivity contribution in [1.82, 2.24) is 20.9 Å². The van der Waals surface area contributed by atoms with Crippen LogP contribution in [0.15, 0.2) is 0 Å². The number of fused-ring (bicyclic) bond motifs is 1. The van der Waals surface area contributed by atoms with Gasteiger partial charge >= 0.3 is 6.03 Å². The standard InChI is InChI=1S/C27H45N5O5/c1-25(2,3)20(30-24(37)31-26(4,5)6)23(36)32-13-15-17(27(15,7)8)18(32)22(35)29-16(19(33)21(28)34)12-14-10-9-11-14/h14-18,20H,9-13H2,1-8H3,(H2,28,34)(H,29,35)(H2,30,31,37)/t15-,16+,17-,18-,20+/m0/s1/i1D3,2D3,3D3,7D3,8D3,16D. The van der Waals surface area contributed by atoms with Crippen molar-refractivity contribution >= 4 is 29.5 Å². The van der Waals surface area contributed by atoms with E-state index in [1.807, 2.05) is 10.6 Å². The number of amides is 5. The second kappa shape index (κ2) is 9.91. The summed E-state index contributed by atoms with van der Waals surface area (Å²) in [6.07, 6.45) is 1.17. The van der Waals surface area contributed by atoms with Crippen LogP contribution in [0.3, 0.4) is 0 Å². The average molecular weight is 536 g/mol. The number of piperidine rings is 1. The van der Waals surface area contributed by atoms with Gasteiger partial charge in [-0.25, -0.2) is 4.79 Å². The van der Waals surface area contributed by atoms with Crippen LogP contribution in [-0.4, -0.2) is 64.6 Å². The molecular formula is C27H45N5O5. The molecule has 0 aromatic rings. The Morgan fingerprint density at radius 1 is 1.11 bits per heavy atom. The maximum Gasteiger partial charge on any atom is 0.315 e. The first-order valence-electron chi connectivity index (χ1n) is 20.0. The fraction of sp³-hybridized carbons (Fsp3) is 0.815. The molecule has 2 saturated carbocycles. The molecule has 1 saturated heterocycles. The van der Waals surface area contributed by atoms with Gasteiger partial charge in [0.1, 0.15) is 12.1 Å². The molecule has 3 fully saturated rings. The van der Waals surface area contributed by atoms with E-state index in [1.165, 1.54) is 20.8 Å². The molecule has 1 aliphatic heterocycles. The fourth-order valence-corrected chi connectivity index (χ4v) is 4.85. The molecule has 3 rings (SSSR count). The molecule has 3 aliphatic rings. The monoisotopic (exact) mass is 535 g/mol. The molecule has 0 bridgehead atoms. The summed E-state index contributed by atoms with van der Waals surface area (Å²) in [6, 6.07) is -9.62. The predicted molar refractivity (Wildman–Crippen MR) is 139 cm³/mol. The summed E-state index contributed by atoms with van der Waals surface area (Å²) in [5.41, 5.74) is -2.78. The molecule has 208 valence electrons. The first kappa shape index (κ1) is 13.9. The Morgan fingerprint density at radius 2 is 1.76 bits per heavy atom. The quantitative estimate of drug-likeness (QED) is 0.349. The second-order valence-electron chi connectivity index (χ2n) is 11.2. The number of Topliss-reactive ketones (excluding diaryl/α,β-unsaturated/α-hetero) is 1. The summed E-state index contributed by atoms with van der Waals surface area (Å²) in [4.78, 5) is 67.7. The molecule has 10 nitrogen and oxygen atoms in total. The summed E-state index contributed by atoms with van der Waals surface area (Å²) in [6.45, 7) is -15.7. The van der Waals surface area contributed by atoms with Crippen molar-refractivity contribution < 1.29 is 45.9 Å². The Labute approximate surface area is 242 Å². The number of carbonyl (C=O) groups is 5. The lowest BCUT2D eigenvalue weighted by molar-refractivity contribution is -0.145. The number of likely N-dealkylation sites (tertiary alicyclic amines) is 1. The van der Waals surface area contributed by atoms with Crippen molar-refractivity contribution in [2.75, 3.05) is 6.54 Å². The van der Waals surface area contributed by atoms with E-state index in [-0.39, 0.29) is 5.92 Å². The van der Waals surface area contributed by atoms with E-state index in [2.05, 4.69) is 5.32 Å². The van der Waals surface area contributed by atoms with Gasteiger partial charge in [-0.15, -0.1) is 0 Å². The highest BCUT2D eigenvalue weighted by molar-refractivity contribution is 6.37. The zero-order chi connectivity index (χ0) is 41.5. The zero-order valence-electron chi connectivity index (χ0n) is 37.0. The van der Waals surface area contributed by atoms with Crippen LogP contribution in [0.4, 0.5) is 4.79 Å². The Hall–Kier alpha value is -2.65. The van der Waals surface area contributed by atoms with Gasteiger partial charge in [-0.05, 0) is 55.8 Å². The van der Waals surface area contributed by atoms with E-state index in [4.69, 9.17) is 27.7 Å². The Balaban J connectivity index is 2.33. The van der Waals surface area contributed by atoms with Gasteiger partial charge < -0.3 is 26.6 Å². The predicted octanol–water partition coefficient (Wildman–Crippen LogP) is 1.71. The van der Waals surface area contributed by atoms with Crippen molar-refractivity contribution in [2.24, 2.45) is 34.3 Å². The number of urea groups is 1. The normalized spacial score (nSPS) is 35.2. The molecular weight excluding hydrogens is 474 g/mol. The highest BCUT2D eigenvalue weighted by Crippen LogP contribution is 2.65. The van der Waals surface area contributed by atoms with E-state index >= 15 is 0 Å². The van der Waals surface area contributed by atoms with Gasteiger partial charge in [-0.2, -0.15) is 0 Å². The fourth-order valence-electron chi connectivity index (χ4n) is 4.85. The van der Waals surface area contributed by atoms with Gasteiger partial charge in [0.15, 0.2) is 0 Å². The van der Waals surface area contributed by atoms with Crippen LogP contribution in [-0.2, 0) is 19.2 Å². The molecule has 0 spiro atoms. The summed E-state index contributed by atoms with van der Waals surface area (Å²) < 4.78 is 132. The van der Waals surface area contributed by atoms with Crippen LogP contribution in [0.1, 0.15) is 103 Å². The first-order valence-corrected chi connectivity index (χ1v) is 12.0. The average Bonchev–Trinajstić information content (AvgIpc) is 3.41.